The highest BCUT2D eigenvalue weighted by Gasteiger charge is 2.41. The van der Waals surface area contributed by atoms with Crippen LogP contribution in [0.5, 0.6) is 0 Å². The van der Waals surface area contributed by atoms with Crippen LogP contribution in [0.15, 0.2) is 42.6 Å². The van der Waals surface area contributed by atoms with Crippen LogP contribution in [0.3, 0.4) is 0 Å². The number of fused-ring (bicyclic) bond motifs is 1. The Kier molecular flexibility index (Phi) is 9.00. The highest BCUT2D eigenvalue weighted by Crippen LogP contribution is 2.38. The Morgan fingerprint density at radius 3 is 2.52 bits per heavy atom. The SMILES string of the molecule is CC(C)(C)[Si](C)(C)O[C@H](CN1CCc2ccccc2C1)CN1CCN(Cc2ccc(C3CCCOC3)cn2)C1=O. The summed E-state index contributed by atoms with van der Waals surface area (Å²) in [6.45, 7) is 18.6. The molecular formula is C32H48N4O3Si. The number of aromatic nitrogens is 1. The molecule has 1 aromatic heterocycles. The van der Waals surface area contributed by atoms with E-state index in [1.807, 2.05) is 16.0 Å². The van der Waals surface area contributed by atoms with E-state index in [2.05, 4.69) is 75.2 Å². The van der Waals surface area contributed by atoms with Crippen molar-refractivity contribution in [1.29, 1.82) is 0 Å². The van der Waals surface area contributed by atoms with Gasteiger partial charge in [-0.2, -0.15) is 0 Å². The molecule has 40 heavy (non-hydrogen) atoms. The zero-order valence-corrected chi connectivity index (χ0v) is 26.2. The van der Waals surface area contributed by atoms with E-state index in [9.17, 15) is 4.79 Å². The fraction of sp³-hybridized carbons (Fsp3) is 0.625. The smallest absolute Gasteiger partial charge is 0.320 e. The van der Waals surface area contributed by atoms with Crippen molar-refractivity contribution in [3.05, 3.63) is 65.0 Å². The molecule has 0 N–H and O–H groups in total. The Morgan fingerprint density at radius 1 is 1.05 bits per heavy atom. The zero-order valence-electron chi connectivity index (χ0n) is 25.2. The minimum absolute atomic E-state index is 0.00910. The van der Waals surface area contributed by atoms with Crippen LogP contribution in [0.1, 0.15) is 61.9 Å². The zero-order chi connectivity index (χ0) is 28.3. The van der Waals surface area contributed by atoms with Gasteiger partial charge in [0, 0.05) is 58.0 Å². The van der Waals surface area contributed by atoms with Gasteiger partial charge in [0.05, 0.1) is 24.9 Å². The van der Waals surface area contributed by atoms with Gasteiger partial charge in [-0.3, -0.25) is 9.88 Å². The molecule has 0 radical (unpaired) electrons. The summed E-state index contributed by atoms with van der Waals surface area (Å²) in [6.07, 6.45) is 5.30. The Bertz CT molecular complexity index is 1140. The van der Waals surface area contributed by atoms with Gasteiger partial charge in [-0.15, -0.1) is 0 Å². The number of benzene rings is 1. The lowest BCUT2D eigenvalue weighted by atomic mass is 9.95. The number of ether oxygens (including phenoxy) is 1. The number of carbonyl (C=O) groups is 1. The molecule has 2 atom stereocenters. The molecule has 2 saturated heterocycles. The first-order valence-electron chi connectivity index (χ1n) is 15.1. The fourth-order valence-corrected chi connectivity index (χ4v) is 7.22. The lowest BCUT2D eigenvalue weighted by Gasteiger charge is -2.42. The van der Waals surface area contributed by atoms with Crippen molar-refractivity contribution in [2.45, 2.75) is 83.3 Å². The van der Waals surface area contributed by atoms with Crippen LogP contribution in [0, 0.1) is 0 Å². The van der Waals surface area contributed by atoms with Crippen molar-refractivity contribution in [1.82, 2.24) is 19.7 Å². The molecule has 4 heterocycles. The first-order valence-corrected chi connectivity index (χ1v) is 18.0. The van der Waals surface area contributed by atoms with Crippen LogP contribution in [0.25, 0.3) is 0 Å². The predicted molar refractivity (Wildman–Crippen MR) is 162 cm³/mol. The summed E-state index contributed by atoms with van der Waals surface area (Å²) in [6, 6.07) is 13.1. The van der Waals surface area contributed by atoms with E-state index in [1.165, 1.54) is 16.7 Å². The summed E-state index contributed by atoms with van der Waals surface area (Å²) >= 11 is 0. The largest absolute Gasteiger partial charge is 0.411 e. The first-order chi connectivity index (χ1) is 19.1. The van der Waals surface area contributed by atoms with Crippen LogP contribution in [-0.4, -0.2) is 86.1 Å². The van der Waals surface area contributed by atoms with Crippen molar-refractivity contribution < 1.29 is 14.0 Å². The summed E-state index contributed by atoms with van der Waals surface area (Å²) in [4.78, 5) is 24.7. The van der Waals surface area contributed by atoms with Crippen molar-refractivity contribution >= 4 is 14.3 Å². The Labute approximate surface area is 242 Å². The van der Waals surface area contributed by atoms with Crippen molar-refractivity contribution in [2.24, 2.45) is 0 Å². The Morgan fingerprint density at radius 2 is 1.82 bits per heavy atom. The van der Waals surface area contributed by atoms with Gasteiger partial charge in [-0.1, -0.05) is 51.1 Å². The van der Waals surface area contributed by atoms with Gasteiger partial charge in [-0.25, -0.2) is 4.79 Å². The number of hydrogen-bond donors (Lipinski definition) is 0. The van der Waals surface area contributed by atoms with Gasteiger partial charge in [-0.05, 0) is 60.2 Å². The lowest BCUT2D eigenvalue weighted by Crippen LogP contribution is -2.51. The summed E-state index contributed by atoms with van der Waals surface area (Å²) < 4.78 is 12.6. The molecule has 0 spiro atoms. The molecule has 2 aromatic rings. The van der Waals surface area contributed by atoms with Crippen LogP contribution < -0.4 is 0 Å². The average Bonchev–Trinajstić information content (AvgIpc) is 3.27. The van der Waals surface area contributed by atoms with Gasteiger partial charge in [0.25, 0.3) is 0 Å². The predicted octanol–water partition coefficient (Wildman–Crippen LogP) is 5.66. The number of urea groups is 1. The summed E-state index contributed by atoms with van der Waals surface area (Å²) in [5, 5.41) is 0.113. The van der Waals surface area contributed by atoms with E-state index in [0.717, 1.165) is 70.9 Å². The number of carbonyl (C=O) groups excluding carboxylic acids is 1. The van der Waals surface area contributed by atoms with Crippen molar-refractivity contribution in [3.8, 4) is 0 Å². The topological polar surface area (TPSA) is 58.1 Å². The third kappa shape index (κ3) is 6.96. The van der Waals surface area contributed by atoms with Crippen molar-refractivity contribution in [3.63, 3.8) is 0 Å². The number of nitrogens with zero attached hydrogens (tertiary/aromatic N) is 4. The monoisotopic (exact) mass is 564 g/mol. The maximum atomic E-state index is 13.5. The van der Waals surface area contributed by atoms with Gasteiger partial charge in [0.2, 0.25) is 0 Å². The number of amides is 2. The average molecular weight is 565 g/mol. The van der Waals surface area contributed by atoms with Gasteiger partial charge in [0.1, 0.15) is 0 Å². The second kappa shape index (κ2) is 12.3. The first kappa shape index (κ1) is 29.2. The number of rotatable bonds is 9. The molecule has 2 fully saturated rings. The second-order valence-electron chi connectivity index (χ2n) is 13.4. The molecule has 0 aliphatic carbocycles. The molecule has 3 aliphatic rings. The molecule has 2 amide bonds. The maximum Gasteiger partial charge on any atom is 0.320 e. The van der Waals surface area contributed by atoms with E-state index >= 15 is 0 Å². The molecule has 8 heteroatoms. The number of pyridine rings is 1. The van der Waals surface area contributed by atoms with Gasteiger partial charge >= 0.3 is 6.03 Å². The molecule has 7 nitrogen and oxygen atoms in total. The van der Waals surface area contributed by atoms with Crippen LogP contribution in [-0.2, 0) is 28.7 Å². The van der Waals surface area contributed by atoms with Crippen molar-refractivity contribution in [2.75, 3.05) is 45.9 Å². The Hall–Kier alpha value is -2.26. The summed E-state index contributed by atoms with van der Waals surface area (Å²) in [7, 11) is -2.01. The van der Waals surface area contributed by atoms with E-state index in [0.29, 0.717) is 19.0 Å². The molecule has 0 saturated carbocycles. The third-order valence-electron chi connectivity index (χ3n) is 9.38. The van der Waals surface area contributed by atoms with Crippen LogP contribution in [0.4, 0.5) is 4.79 Å². The van der Waals surface area contributed by atoms with E-state index < -0.39 is 8.32 Å². The molecular weight excluding hydrogens is 516 g/mol. The van der Waals surface area contributed by atoms with E-state index in [1.54, 1.807) is 0 Å². The molecule has 1 unspecified atom stereocenters. The number of hydrogen-bond acceptors (Lipinski definition) is 5. The molecule has 218 valence electrons. The maximum absolute atomic E-state index is 13.5. The fourth-order valence-electron chi connectivity index (χ4n) is 5.89. The van der Waals surface area contributed by atoms with Gasteiger partial charge in [0.15, 0.2) is 8.32 Å². The minimum atomic E-state index is -2.01. The summed E-state index contributed by atoms with van der Waals surface area (Å²) in [5.41, 5.74) is 5.05. The van der Waals surface area contributed by atoms with Crippen LogP contribution >= 0.6 is 0 Å². The highest BCUT2D eigenvalue weighted by atomic mass is 28.4. The Balaban J connectivity index is 1.22. The molecule has 0 bridgehead atoms. The highest BCUT2D eigenvalue weighted by molar-refractivity contribution is 6.74. The second-order valence-corrected chi connectivity index (χ2v) is 18.2. The molecule has 5 rings (SSSR count). The van der Waals surface area contributed by atoms with Crippen LogP contribution in [0.2, 0.25) is 18.1 Å². The normalized spacial score (nSPS) is 21.5. The van der Waals surface area contributed by atoms with E-state index in [4.69, 9.17) is 14.1 Å². The quantitative estimate of drug-likeness (QED) is 0.368. The lowest BCUT2D eigenvalue weighted by molar-refractivity contribution is 0.0803. The van der Waals surface area contributed by atoms with Gasteiger partial charge < -0.3 is 19.0 Å². The van der Waals surface area contributed by atoms with E-state index in [-0.39, 0.29) is 17.2 Å². The third-order valence-corrected chi connectivity index (χ3v) is 13.9. The molecule has 3 aliphatic heterocycles. The summed E-state index contributed by atoms with van der Waals surface area (Å²) in [5.74, 6) is 0.436. The standard InChI is InChI=1S/C32H48N4O3Si/c1-32(2,3)40(4,5)39-30(22-34-15-14-25-9-6-7-10-27(25)20-34)23-36-17-16-35(31(36)37)21-29-13-12-26(19-33-29)28-11-8-18-38-24-28/h6-7,9-10,12-13,19,28,30H,8,11,14-18,20-24H2,1-5H3/t28?,30-/m1/s1. The molecule has 1 aromatic carbocycles. The minimum Gasteiger partial charge on any atom is -0.411 e.